The molecule has 0 radical (unpaired) electrons. The number of nitrogens with zero attached hydrogens (tertiary/aromatic N) is 4. The molecule has 1 aliphatic heterocycles. The van der Waals surface area contributed by atoms with E-state index < -0.39 is 0 Å². The fraction of sp³-hybridized carbons (Fsp3) is 0.412. The van der Waals surface area contributed by atoms with Crippen molar-refractivity contribution in [3.8, 4) is 5.75 Å². The second-order valence-corrected chi connectivity index (χ2v) is 5.87. The van der Waals surface area contributed by atoms with Crippen LogP contribution >= 0.6 is 0 Å². The number of anilines is 1. The molecule has 0 bridgehead atoms. The van der Waals surface area contributed by atoms with Gasteiger partial charge in [-0.05, 0) is 30.2 Å². The number of hydrogen-bond acceptors (Lipinski definition) is 5. The van der Waals surface area contributed by atoms with Crippen LogP contribution in [0.4, 0.5) is 5.69 Å². The predicted molar refractivity (Wildman–Crippen MR) is 98.1 cm³/mol. The minimum atomic E-state index is 0.0653. The summed E-state index contributed by atoms with van der Waals surface area (Å²) < 4.78 is 7.49. The van der Waals surface area contributed by atoms with Gasteiger partial charge in [0.25, 0.3) is 0 Å². The van der Waals surface area contributed by atoms with Crippen LogP contribution in [0.1, 0.15) is 17.8 Å². The minimum absolute atomic E-state index is 0.0653. The van der Waals surface area contributed by atoms with Crippen LogP contribution in [0.3, 0.4) is 0 Å². The number of nitrogens with one attached hydrogen (secondary N) is 3. The molecule has 0 saturated heterocycles. The van der Waals surface area contributed by atoms with Crippen LogP contribution in [-0.2, 0) is 24.8 Å². The van der Waals surface area contributed by atoms with Gasteiger partial charge in [0.05, 0.1) is 13.1 Å². The first-order chi connectivity index (χ1) is 12.7. The maximum absolute atomic E-state index is 11.4. The zero-order chi connectivity index (χ0) is 18.4. The van der Waals surface area contributed by atoms with Gasteiger partial charge in [-0.3, -0.25) is 14.5 Å². The Balaban J connectivity index is 1.42. The Morgan fingerprint density at radius 2 is 2.27 bits per heavy atom. The Morgan fingerprint density at radius 3 is 3.04 bits per heavy atom. The van der Waals surface area contributed by atoms with Gasteiger partial charge in [-0.2, -0.15) is 5.10 Å². The van der Waals surface area contributed by atoms with Gasteiger partial charge in [0.1, 0.15) is 24.5 Å². The SMILES string of the molecule is CN=C(NCCOc1ccc2c(c1)CCC(=O)N2)NCc1ncnn1C. The van der Waals surface area contributed by atoms with E-state index in [2.05, 4.69) is 31.0 Å². The summed E-state index contributed by atoms with van der Waals surface area (Å²) >= 11 is 0. The zero-order valence-corrected chi connectivity index (χ0v) is 15.0. The van der Waals surface area contributed by atoms with Gasteiger partial charge in [0, 0.05) is 26.2 Å². The molecule has 0 aliphatic carbocycles. The smallest absolute Gasteiger partial charge is 0.224 e. The molecule has 9 heteroatoms. The molecule has 2 aromatic rings. The maximum atomic E-state index is 11.4. The summed E-state index contributed by atoms with van der Waals surface area (Å²) in [4.78, 5) is 19.7. The highest BCUT2D eigenvalue weighted by Crippen LogP contribution is 2.26. The molecule has 0 atom stereocenters. The van der Waals surface area contributed by atoms with E-state index in [4.69, 9.17) is 4.74 Å². The Labute approximate surface area is 151 Å². The average Bonchev–Trinajstić information content (AvgIpc) is 3.06. The number of amides is 1. The van der Waals surface area contributed by atoms with Gasteiger partial charge in [-0.15, -0.1) is 0 Å². The van der Waals surface area contributed by atoms with Gasteiger partial charge in [-0.25, -0.2) is 4.98 Å². The molecule has 1 aliphatic rings. The first-order valence-corrected chi connectivity index (χ1v) is 8.48. The third-order valence-corrected chi connectivity index (χ3v) is 4.08. The summed E-state index contributed by atoms with van der Waals surface area (Å²) in [5.41, 5.74) is 1.98. The van der Waals surface area contributed by atoms with Crippen molar-refractivity contribution in [3.63, 3.8) is 0 Å². The number of carbonyl (C=O) groups excluding carboxylic acids is 1. The number of guanidine groups is 1. The second kappa shape index (κ2) is 8.32. The topological polar surface area (TPSA) is 105 Å². The van der Waals surface area contributed by atoms with Crippen molar-refractivity contribution < 1.29 is 9.53 Å². The quantitative estimate of drug-likeness (QED) is 0.394. The number of carbonyl (C=O) groups is 1. The molecule has 0 saturated carbocycles. The lowest BCUT2D eigenvalue weighted by Crippen LogP contribution is -2.39. The van der Waals surface area contributed by atoms with Gasteiger partial charge in [0.2, 0.25) is 5.91 Å². The van der Waals surface area contributed by atoms with Crippen LogP contribution in [0.2, 0.25) is 0 Å². The van der Waals surface area contributed by atoms with Crippen molar-refractivity contribution >= 4 is 17.6 Å². The van der Waals surface area contributed by atoms with Crippen LogP contribution in [0.15, 0.2) is 29.5 Å². The van der Waals surface area contributed by atoms with Crippen molar-refractivity contribution in [1.82, 2.24) is 25.4 Å². The van der Waals surface area contributed by atoms with Gasteiger partial charge < -0.3 is 20.7 Å². The maximum Gasteiger partial charge on any atom is 0.224 e. The van der Waals surface area contributed by atoms with E-state index in [1.54, 1.807) is 11.7 Å². The highest BCUT2D eigenvalue weighted by atomic mass is 16.5. The van der Waals surface area contributed by atoms with Crippen molar-refractivity contribution in [1.29, 1.82) is 0 Å². The molecule has 0 unspecified atom stereocenters. The number of aryl methyl sites for hydroxylation is 2. The van der Waals surface area contributed by atoms with Crippen LogP contribution < -0.4 is 20.7 Å². The van der Waals surface area contributed by atoms with E-state index in [1.165, 1.54) is 6.33 Å². The fourth-order valence-corrected chi connectivity index (χ4v) is 2.65. The number of hydrogen-bond donors (Lipinski definition) is 3. The highest BCUT2D eigenvalue weighted by molar-refractivity contribution is 5.94. The molecule has 2 heterocycles. The minimum Gasteiger partial charge on any atom is -0.492 e. The predicted octanol–water partition coefficient (Wildman–Crippen LogP) is 0.444. The normalized spacial score (nSPS) is 13.8. The van der Waals surface area contributed by atoms with E-state index in [1.807, 2.05) is 25.2 Å². The van der Waals surface area contributed by atoms with E-state index in [0.29, 0.717) is 32.1 Å². The summed E-state index contributed by atoms with van der Waals surface area (Å²) in [5, 5.41) is 13.3. The summed E-state index contributed by atoms with van der Waals surface area (Å²) in [6, 6.07) is 5.73. The standard InChI is InChI=1S/C17H23N7O2/c1-18-17(20-10-15-21-11-22-24(15)2)19-7-8-26-13-4-5-14-12(9-13)3-6-16(25)23-14/h4-5,9,11H,3,6-8,10H2,1-2H3,(H,23,25)(H2,18,19,20). The molecular formula is C17H23N7O2. The van der Waals surface area contributed by atoms with Crippen LogP contribution in [0, 0.1) is 0 Å². The molecule has 1 amide bonds. The van der Waals surface area contributed by atoms with E-state index in [0.717, 1.165) is 29.2 Å². The molecule has 9 nitrogen and oxygen atoms in total. The lowest BCUT2D eigenvalue weighted by molar-refractivity contribution is -0.116. The molecular weight excluding hydrogens is 334 g/mol. The molecule has 1 aromatic heterocycles. The van der Waals surface area contributed by atoms with Crippen molar-refractivity contribution in [2.75, 3.05) is 25.5 Å². The number of aromatic nitrogens is 3. The molecule has 3 N–H and O–H groups in total. The fourth-order valence-electron chi connectivity index (χ4n) is 2.65. The monoisotopic (exact) mass is 357 g/mol. The molecule has 1 aromatic carbocycles. The largest absolute Gasteiger partial charge is 0.492 e. The third kappa shape index (κ3) is 4.50. The Hall–Kier alpha value is -3.10. The number of benzene rings is 1. The number of aliphatic imine (C=N–C) groups is 1. The molecule has 0 fully saturated rings. The first-order valence-electron chi connectivity index (χ1n) is 8.48. The van der Waals surface area contributed by atoms with Crippen LogP contribution in [0.25, 0.3) is 0 Å². The Bertz CT molecular complexity index is 800. The lowest BCUT2D eigenvalue weighted by Gasteiger charge is -2.18. The van der Waals surface area contributed by atoms with Gasteiger partial charge in [-0.1, -0.05) is 0 Å². The second-order valence-electron chi connectivity index (χ2n) is 5.87. The molecule has 3 rings (SSSR count). The Kier molecular flexibility index (Phi) is 5.67. The number of ether oxygens (including phenoxy) is 1. The Morgan fingerprint density at radius 1 is 1.38 bits per heavy atom. The number of rotatable bonds is 6. The zero-order valence-electron chi connectivity index (χ0n) is 15.0. The van der Waals surface area contributed by atoms with Crippen LogP contribution in [0.5, 0.6) is 5.75 Å². The molecule has 138 valence electrons. The van der Waals surface area contributed by atoms with E-state index >= 15 is 0 Å². The lowest BCUT2D eigenvalue weighted by atomic mass is 10.0. The highest BCUT2D eigenvalue weighted by Gasteiger charge is 2.14. The van der Waals surface area contributed by atoms with E-state index in [9.17, 15) is 4.79 Å². The van der Waals surface area contributed by atoms with Crippen LogP contribution in [-0.4, -0.2) is 46.8 Å². The molecule has 26 heavy (non-hydrogen) atoms. The summed E-state index contributed by atoms with van der Waals surface area (Å²) in [5.74, 6) is 2.36. The van der Waals surface area contributed by atoms with Gasteiger partial charge >= 0.3 is 0 Å². The van der Waals surface area contributed by atoms with E-state index in [-0.39, 0.29) is 5.91 Å². The van der Waals surface area contributed by atoms with Gasteiger partial charge in [0.15, 0.2) is 5.96 Å². The summed E-state index contributed by atoms with van der Waals surface area (Å²) in [6.07, 6.45) is 2.78. The number of fused-ring (bicyclic) bond motifs is 1. The van der Waals surface area contributed by atoms with Crippen molar-refractivity contribution in [2.45, 2.75) is 19.4 Å². The average molecular weight is 357 g/mol. The summed E-state index contributed by atoms with van der Waals surface area (Å²) in [6.45, 7) is 1.63. The van der Waals surface area contributed by atoms with Crippen molar-refractivity contribution in [2.24, 2.45) is 12.0 Å². The summed E-state index contributed by atoms with van der Waals surface area (Å²) in [7, 11) is 3.56. The first kappa shape index (κ1) is 17.7. The van der Waals surface area contributed by atoms with Crippen molar-refractivity contribution in [3.05, 3.63) is 35.9 Å². The third-order valence-electron chi connectivity index (χ3n) is 4.08. The molecule has 0 spiro atoms.